The van der Waals surface area contributed by atoms with Crippen LogP contribution in [0.5, 0.6) is 0 Å². The second kappa shape index (κ2) is 5.12. The lowest BCUT2D eigenvalue weighted by Crippen LogP contribution is -2.23. The fraction of sp³-hybridized carbons (Fsp3) is 0.300. The smallest absolute Gasteiger partial charge is 0.398 e. The molecule has 0 aromatic heterocycles. The zero-order valence-electron chi connectivity index (χ0n) is 8.16. The molecular weight excluding hydrogens is 237 g/mol. The Balaban J connectivity index is 2.65. The number of nitrogen functional groups attached to an aromatic ring is 1. The molecule has 1 aromatic carbocycles. The Labute approximate surface area is 95.2 Å². The van der Waals surface area contributed by atoms with Gasteiger partial charge in [-0.2, -0.15) is 18.4 Å². The van der Waals surface area contributed by atoms with Gasteiger partial charge in [0.15, 0.2) is 5.92 Å². The van der Waals surface area contributed by atoms with Gasteiger partial charge in [-0.05, 0) is 12.1 Å². The molecule has 0 fully saturated rings. The molecule has 2 nitrogen and oxygen atoms in total. The van der Waals surface area contributed by atoms with Crippen LogP contribution >= 0.6 is 11.8 Å². The van der Waals surface area contributed by atoms with Crippen molar-refractivity contribution in [3.05, 3.63) is 24.3 Å². The van der Waals surface area contributed by atoms with E-state index in [4.69, 9.17) is 11.0 Å². The van der Waals surface area contributed by atoms with Crippen LogP contribution < -0.4 is 5.73 Å². The summed E-state index contributed by atoms with van der Waals surface area (Å²) in [6.07, 6.45) is -4.48. The van der Waals surface area contributed by atoms with Crippen LogP contribution in [0.25, 0.3) is 0 Å². The van der Waals surface area contributed by atoms with Gasteiger partial charge in [0.25, 0.3) is 0 Å². The van der Waals surface area contributed by atoms with Gasteiger partial charge in [0.2, 0.25) is 0 Å². The summed E-state index contributed by atoms with van der Waals surface area (Å²) in [5.41, 5.74) is 5.99. The molecule has 0 amide bonds. The van der Waals surface area contributed by atoms with Gasteiger partial charge in [-0.3, -0.25) is 0 Å². The van der Waals surface area contributed by atoms with E-state index in [1.807, 2.05) is 0 Å². The molecule has 1 aromatic rings. The molecule has 0 aliphatic carbocycles. The van der Waals surface area contributed by atoms with Crippen LogP contribution in [-0.2, 0) is 0 Å². The van der Waals surface area contributed by atoms with E-state index in [0.29, 0.717) is 10.6 Å². The monoisotopic (exact) mass is 246 g/mol. The maximum Gasteiger partial charge on any atom is 0.405 e. The Kier molecular flexibility index (Phi) is 4.07. The third-order valence-corrected chi connectivity index (χ3v) is 3.06. The first kappa shape index (κ1) is 12.7. The van der Waals surface area contributed by atoms with Gasteiger partial charge in [0, 0.05) is 16.3 Å². The highest BCUT2D eigenvalue weighted by Crippen LogP contribution is 2.33. The van der Waals surface area contributed by atoms with E-state index >= 15 is 0 Å². The van der Waals surface area contributed by atoms with Crippen LogP contribution in [0.2, 0.25) is 0 Å². The molecule has 0 aliphatic rings. The molecule has 6 heteroatoms. The van der Waals surface area contributed by atoms with Gasteiger partial charge in [0.1, 0.15) is 0 Å². The number of nitrogens with zero attached hydrogens (tertiary/aromatic N) is 1. The van der Waals surface area contributed by atoms with Crippen LogP contribution in [0.4, 0.5) is 18.9 Å². The molecule has 0 bridgehead atoms. The number of hydrogen-bond acceptors (Lipinski definition) is 3. The largest absolute Gasteiger partial charge is 0.405 e. The SMILES string of the molecule is N#CC(CSc1ccccc1N)C(F)(F)F. The van der Waals surface area contributed by atoms with Crippen LogP contribution in [-0.4, -0.2) is 11.9 Å². The lowest BCUT2D eigenvalue weighted by atomic mass is 10.2. The Bertz CT molecular complexity index is 398. The van der Waals surface area contributed by atoms with E-state index < -0.39 is 12.1 Å². The third kappa shape index (κ3) is 3.35. The molecule has 0 radical (unpaired) electrons. The van der Waals surface area contributed by atoms with Crippen molar-refractivity contribution in [3.63, 3.8) is 0 Å². The Morgan fingerprint density at radius 2 is 2.00 bits per heavy atom. The predicted octanol–water partition coefficient (Wildman–Crippen LogP) is 3.06. The zero-order chi connectivity index (χ0) is 12.2. The number of benzene rings is 1. The highest BCUT2D eigenvalue weighted by molar-refractivity contribution is 7.99. The molecule has 2 N–H and O–H groups in total. The number of hydrogen-bond donors (Lipinski definition) is 1. The van der Waals surface area contributed by atoms with E-state index in [1.165, 1.54) is 6.07 Å². The van der Waals surface area contributed by atoms with Gasteiger partial charge in [0.05, 0.1) is 6.07 Å². The average molecular weight is 246 g/mol. The molecule has 16 heavy (non-hydrogen) atoms. The number of nitriles is 1. The lowest BCUT2D eigenvalue weighted by molar-refractivity contribution is -0.152. The highest BCUT2D eigenvalue weighted by Gasteiger charge is 2.39. The van der Waals surface area contributed by atoms with Crippen LogP contribution in [0, 0.1) is 17.2 Å². The van der Waals surface area contributed by atoms with Gasteiger partial charge < -0.3 is 5.73 Å². The molecule has 1 unspecified atom stereocenters. The summed E-state index contributed by atoms with van der Waals surface area (Å²) in [6.45, 7) is 0. The standard InChI is InChI=1S/C10H9F3N2S/c11-10(12,13)7(5-14)6-16-9-4-2-1-3-8(9)15/h1-4,7H,6,15H2. The van der Waals surface area contributed by atoms with Gasteiger partial charge in [-0.1, -0.05) is 12.1 Å². The molecule has 0 spiro atoms. The first-order valence-corrected chi connectivity index (χ1v) is 5.37. The minimum atomic E-state index is -4.48. The summed E-state index contributed by atoms with van der Waals surface area (Å²) in [4.78, 5) is 0.562. The molecular formula is C10H9F3N2S. The third-order valence-electron chi connectivity index (χ3n) is 1.88. The number of para-hydroxylation sites is 1. The summed E-state index contributed by atoms with van der Waals surface area (Å²) < 4.78 is 36.8. The number of halogens is 3. The minimum Gasteiger partial charge on any atom is -0.398 e. The molecule has 0 saturated carbocycles. The van der Waals surface area contributed by atoms with Crippen LogP contribution in [0.15, 0.2) is 29.2 Å². The van der Waals surface area contributed by atoms with Crippen molar-refractivity contribution >= 4 is 17.4 Å². The van der Waals surface area contributed by atoms with Gasteiger partial charge in [-0.15, -0.1) is 11.8 Å². The quantitative estimate of drug-likeness (QED) is 0.658. The van der Waals surface area contributed by atoms with E-state index in [-0.39, 0.29) is 5.75 Å². The summed E-state index contributed by atoms with van der Waals surface area (Å²) in [7, 11) is 0. The van der Waals surface area contributed by atoms with Crippen molar-refractivity contribution in [3.8, 4) is 6.07 Å². The lowest BCUT2D eigenvalue weighted by Gasteiger charge is -2.13. The Hall–Kier alpha value is -1.35. The molecule has 0 heterocycles. The highest BCUT2D eigenvalue weighted by atomic mass is 32.2. The Morgan fingerprint density at radius 1 is 1.38 bits per heavy atom. The normalized spacial score (nSPS) is 13.1. The molecule has 1 rings (SSSR count). The molecule has 86 valence electrons. The summed E-state index contributed by atoms with van der Waals surface area (Å²) in [5.74, 6) is -2.30. The molecule has 1 atom stereocenters. The maximum atomic E-state index is 12.3. The number of alkyl halides is 3. The second-order valence-corrected chi connectivity index (χ2v) is 4.13. The summed E-state index contributed by atoms with van der Waals surface area (Å²) in [5, 5.41) is 8.39. The number of nitrogens with two attached hydrogens (primary N) is 1. The summed E-state index contributed by atoms with van der Waals surface area (Å²) in [6, 6.07) is 7.87. The summed E-state index contributed by atoms with van der Waals surface area (Å²) >= 11 is 0.939. The average Bonchev–Trinajstić information content (AvgIpc) is 2.19. The predicted molar refractivity (Wildman–Crippen MR) is 56.7 cm³/mol. The van der Waals surface area contributed by atoms with Crippen molar-refractivity contribution < 1.29 is 13.2 Å². The molecule has 0 saturated heterocycles. The van der Waals surface area contributed by atoms with Crippen molar-refractivity contribution in [1.82, 2.24) is 0 Å². The number of rotatable bonds is 3. The second-order valence-electron chi connectivity index (χ2n) is 3.07. The Morgan fingerprint density at radius 3 is 2.50 bits per heavy atom. The maximum absolute atomic E-state index is 12.3. The van der Waals surface area contributed by atoms with E-state index in [9.17, 15) is 13.2 Å². The van der Waals surface area contributed by atoms with E-state index in [0.717, 1.165) is 11.8 Å². The van der Waals surface area contributed by atoms with Gasteiger partial charge in [-0.25, -0.2) is 0 Å². The fourth-order valence-electron chi connectivity index (χ4n) is 0.990. The van der Waals surface area contributed by atoms with Crippen molar-refractivity contribution in [2.45, 2.75) is 11.1 Å². The van der Waals surface area contributed by atoms with Crippen molar-refractivity contribution in [2.24, 2.45) is 5.92 Å². The first-order valence-electron chi connectivity index (χ1n) is 4.38. The number of thioether (sulfide) groups is 1. The first-order chi connectivity index (χ1) is 7.45. The molecule has 0 aliphatic heterocycles. The minimum absolute atomic E-state index is 0.339. The van der Waals surface area contributed by atoms with Crippen LogP contribution in [0.1, 0.15) is 0 Å². The van der Waals surface area contributed by atoms with E-state index in [1.54, 1.807) is 24.3 Å². The van der Waals surface area contributed by atoms with Gasteiger partial charge >= 0.3 is 6.18 Å². The van der Waals surface area contributed by atoms with Crippen LogP contribution in [0.3, 0.4) is 0 Å². The topological polar surface area (TPSA) is 49.8 Å². The fourth-order valence-corrected chi connectivity index (χ4v) is 2.01. The van der Waals surface area contributed by atoms with E-state index in [2.05, 4.69) is 0 Å². The number of anilines is 1. The van der Waals surface area contributed by atoms with Crippen molar-refractivity contribution in [2.75, 3.05) is 11.5 Å². The zero-order valence-corrected chi connectivity index (χ0v) is 8.98. The van der Waals surface area contributed by atoms with Crippen molar-refractivity contribution in [1.29, 1.82) is 5.26 Å².